The van der Waals surface area contributed by atoms with Crippen molar-refractivity contribution < 1.29 is 9.90 Å². The largest absolute Gasteiger partial charge is 0.508 e. The Balaban J connectivity index is 2.27. The fraction of sp³-hybridized carbons (Fsp3) is 0.478. The van der Waals surface area contributed by atoms with Crippen molar-refractivity contribution in [1.29, 1.82) is 0 Å². The molecular weight excluding hydrogens is 350 g/mol. The first-order valence-electron chi connectivity index (χ1n) is 9.91. The zero-order chi connectivity index (χ0) is 20.7. The molecule has 0 saturated heterocycles. The maximum atomic E-state index is 12.5. The lowest BCUT2D eigenvalue weighted by molar-refractivity contribution is -0.123. The molecule has 0 spiro atoms. The molecule has 1 heterocycles. The van der Waals surface area contributed by atoms with Crippen LogP contribution in [0.4, 0.5) is 0 Å². The van der Waals surface area contributed by atoms with E-state index >= 15 is 0 Å². The van der Waals surface area contributed by atoms with Crippen molar-refractivity contribution in [3.63, 3.8) is 0 Å². The van der Waals surface area contributed by atoms with Gasteiger partial charge in [0.15, 0.2) is 0 Å². The minimum atomic E-state index is -0.267. The number of hydrogen-bond acceptors (Lipinski definition) is 4. The number of aromatic nitrogens is 1. The smallest absolute Gasteiger partial charge is 0.221 e. The first-order valence-corrected chi connectivity index (χ1v) is 9.91. The molecule has 5 heteroatoms. The maximum Gasteiger partial charge on any atom is 0.221 e. The van der Waals surface area contributed by atoms with Crippen LogP contribution in [-0.4, -0.2) is 41.0 Å². The number of carbonyl (C=O) groups is 1. The minimum absolute atomic E-state index is 0.0495. The molecular formula is C23H33N3O2. The summed E-state index contributed by atoms with van der Waals surface area (Å²) in [5, 5.41) is 9.52. The molecule has 1 aromatic heterocycles. The lowest BCUT2D eigenvalue weighted by Crippen LogP contribution is -2.38. The average molecular weight is 384 g/mol. The van der Waals surface area contributed by atoms with Gasteiger partial charge in [-0.2, -0.15) is 0 Å². The normalized spacial score (nSPS) is 14.8. The zero-order valence-electron chi connectivity index (χ0n) is 17.4. The van der Waals surface area contributed by atoms with Crippen LogP contribution in [0.15, 0.2) is 48.8 Å². The SMILES string of the molecule is CC(C)CC(c1cccnc1)C(C[C@@H](Cc1ccc(O)cc1)N(C)C)C(N)=O. The highest BCUT2D eigenvalue weighted by Gasteiger charge is 2.32. The molecule has 0 bridgehead atoms. The molecule has 0 saturated carbocycles. The highest BCUT2D eigenvalue weighted by atomic mass is 16.3. The third-order valence-electron chi connectivity index (χ3n) is 5.35. The van der Waals surface area contributed by atoms with Crippen LogP contribution < -0.4 is 5.73 Å². The van der Waals surface area contributed by atoms with E-state index in [0.717, 1.165) is 24.0 Å². The van der Waals surface area contributed by atoms with Gasteiger partial charge in [-0.1, -0.05) is 32.0 Å². The highest BCUT2D eigenvalue weighted by molar-refractivity contribution is 5.77. The summed E-state index contributed by atoms with van der Waals surface area (Å²) in [5.41, 5.74) is 8.10. The molecule has 0 aliphatic heterocycles. The number of pyridine rings is 1. The second-order valence-corrected chi connectivity index (χ2v) is 8.25. The Morgan fingerprint density at radius 1 is 1.14 bits per heavy atom. The topological polar surface area (TPSA) is 79.5 Å². The van der Waals surface area contributed by atoms with Crippen molar-refractivity contribution in [2.75, 3.05) is 14.1 Å². The van der Waals surface area contributed by atoms with Crippen LogP contribution in [0, 0.1) is 11.8 Å². The number of primary amides is 1. The number of carbonyl (C=O) groups excluding carboxylic acids is 1. The molecule has 152 valence electrons. The molecule has 0 fully saturated rings. The molecule has 1 aromatic carbocycles. The molecule has 0 aliphatic carbocycles. The summed E-state index contributed by atoms with van der Waals surface area (Å²) in [4.78, 5) is 18.9. The van der Waals surface area contributed by atoms with Gasteiger partial charge in [-0.05, 0) is 74.5 Å². The number of likely N-dealkylation sites (N-methyl/N-ethyl adjacent to an activating group) is 1. The van der Waals surface area contributed by atoms with Crippen molar-refractivity contribution in [3.8, 4) is 5.75 Å². The van der Waals surface area contributed by atoms with Crippen molar-refractivity contribution in [1.82, 2.24) is 9.88 Å². The van der Waals surface area contributed by atoms with E-state index in [1.807, 2.05) is 44.6 Å². The molecule has 28 heavy (non-hydrogen) atoms. The number of phenols is 1. The van der Waals surface area contributed by atoms with E-state index in [1.165, 1.54) is 0 Å². The number of benzene rings is 1. The Morgan fingerprint density at radius 2 is 1.82 bits per heavy atom. The summed E-state index contributed by atoms with van der Waals surface area (Å²) >= 11 is 0. The van der Waals surface area contributed by atoms with Gasteiger partial charge in [0.05, 0.1) is 0 Å². The quantitative estimate of drug-likeness (QED) is 0.657. The fourth-order valence-corrected chi connectivity index (χ4v) is 3.79. The second kappa shape index (κ2) is 10.2. The van der Waals surface area contributed by atoms with Gasteiger partial charge < -0.3 is 15.7 Å². The van der Waals surface area contributed by atoms with E-state index in [-0.39, 0.29) is 29.5 Å². The summed E-state index contributed by atoms with van der Waals surface area (Å²) in [6.45, 7) is 4.34. The molecule has 5 nitrogen and oxygen atoms in total. The number of rotatable bonds is 10. The first kappa shape index (κ1) is 21.9. The fourth-order valence-electron chi connectivity index (χ4n) is 3.79. The molecule has 2 aromatic rings. The van der Waals surface area contributed by atoms with Crippen molar-refractivity contribution in [2.24, 2.45) is 17.6 Å². The lowest BCUT2D eigenvalue weighted by Gasteiger charge is -2.32. The third kappa shape index (κ3) is 6.34. The average Bonchev–Trinajstić information content (AvgIpc) is 2.65. The van der Waals surface area contributed by atoms with Crippen LogP contribution in [0.3, 0.4) is 0 Å². The van der Waals surface area contributed by atoms with Crippen LogP contribution >= 0.6 is 0 Å². The van der Waals surface area contributed by atoms with Gasteiger partial charge in [0, 0.05) is 24.4 Å². The van der Waals surface area contributed by atoms with Gasteiger partial charge in [-0.25, -0.2) is 0 Å². The van der Waals surface area contributed by atoms with E-state index in [1.54, 1.807) is 18.3 Å². The minimum Gasteiger partial charge on any atom is -0.508 e. The van der Waals surface area contributed by atoms with Gasteiger partial charge >= 0.3 is 0 Å². The summed E-state index contributed by atoms with van der Waals surface area (Å²) in [7, 11) is 4.06. The van der Waals surface area contributed by atoms with E-state index < -0.39 is 0 Å². The van der Waals surface area contributed by atoms with E-state index in [9.17, 15) is 9.90 Å². The number of hydrogen-bond donors (Lipinski definition) is 2. The zero-order valence-corrected chi connectivity index (χ0v) is 17.4. The predicted octanol–water partition coefficient (Wildman–Crippen LogP) is 3.58. The van der Waals surface area contributed by atoms with Crippen LogP contribution in [0.2, 0.25) is 0 Å². The second-order valence-electron chi connectivity index (χ2n) is 8.25. The van der Waals surface area contributed by atoms with E-state index in [4.69, 9.17) is 5.73 Å². The molecule has 1 amide bonds. The summed E-state index contributed by atoms with van der Waals surface area (Å²) in [6, 6.07) is 11.4. The monoisotopic (exact) mass is 383 g/mol. The molecule has 2 rings (SSSR count). The third-order valence-corrected chi connectivity index (χ3v) is 5.35. The van der Waals surface area contributed by atoms with Gasteiger partial charge in [-0.15, -0.1) is 0 Å². The Morgan fingerprint density at radius 3 is 2.32 bits per heavy atom. The predicted molar refractivity (Wildman–Crippen MR) is 113 cm³/mol. The van der Waals surface area contributed by atoms with Crippen LogP contribution in [0.1, 0.15) is 43.7 Å². The Kier molecular flexibility index (Phi) is 8.00. The van der Waals surface area contributed by atoms with Crippen LogP contribution in [0.25, 0.3) is 0 Å². The number of amides is 1. The Labute approximate surface area is 168 Å². The standard InChI is InChI=1S/C23H33N3O2/c1-16(2)12-21(18-6-5-11-25-15-18)22(23(24)28)14-19(26(3)4)13-17-7-9-20(27)10-8-17/h5-11,15-16,19,21-22,27H,12-14H2,1-4H3,(H2,24,28)/t19-,21?,22?/m1/s1. The van der Waals surface area contributed by atoms with Crippen molar-refractivity contribution in [2.45, 2.75) is 45.1 Å². The Bertz CT molecular complexity index is 729. The Hall–Kier alpha value is -2.40. The van der Waals surface area contributed by atoms with Gasteiger partial charge in [0.25, 0.3) is 0 Å². The number of aromatic hydroxyl groups is 1. The van der Waals surface area contributed by atoms with Gasteiger partial charge in [0.2, 0.25) is 5.91 Å². The molecule has 0 aliphatic rings. The van der Waals surface area contributed by atoms with E-state index in [2.05, 4.69) is 23.7 Å². The van der Waals surface area contributed by atoms with Crippen LogP contribution in [-0.2, 0) is 11.2 Å². The lowest BCUT2D eigenvalue weighted by atomic mass is 9.77. The molecule has 3 N–H and O–H groups in total. The molecule has 3 atom stereocenters. The summed E-state index contributed by atoms with van der Waals surface area (Å²) in [6.07, 6.45) is 5.96. The van der Waals surface area contributed by atoms with Gasteiger partial charge in [0.1, 0.15) is 5.75 Å². The van der Waals surface area contributed by atoms with Crippen molar-refractivity contribution >= 4 is 5.91 Å². The number of phenolic OH excluding ortho intramolecular Hbond substituents is 1. The maximum absolute atomic E-state index is 12.5. The number of nitrogens with two attached hydrogens (primary N) is 1. The highest BCUT2D eigenvalue weighted by Crippen LogP contribution is 2.34. The molecule has 2 unspecified atom stereocenters. The van der Waals surface area contributed by atoms with Gasteiger partial charge in [-0.3, -0.25) is 9.78 Å². The van der Waals surface area contributed by atoms with E-state index in [0.29, 0.717) is 12.3 Å². The first-order chi connectivity index (χ1) is 13.3. The van der Waals surface area contributed by atoms with Crippen LogP contribution in [0.5, 0.6) is 5.75 Å². The summed E-state index contributed by atoms with van der Waals surface area (Å²) in [5.74, 6) is 0.229. The van der Waals surface area contributed by atoms with Crippen molar-refractivity contribution in [3.05, 3.63) is 59.9 Å². The molecule has 0 radical (unpaired) electrons. The summed E-state index contributed by atoms with van der Waals surface area (Å²) < 4.78 is 0. The number of nitrogens with zero attached hydrogens (tertiary/aromatic N) is 2.